The third kappa shape index (κ3) is 9.78. The summed E-state index contributed by atoms with van der Waals surface area (Å²) in [5.74, 6) is 1.37. The van der Waals surface area contributed by atoms with Crippen molar-refractivity contribution in [1.29, 1.82) is 0 Å². The van der Waals surface area contributed by atoms with Crippen LogP contribution in [0.5, 0.6) is 0 Å². The predicted molar refractivity (Wildman–Crippen MR) is 136 cm³/mol. The smallest absolute Gasteiger partial charge is 0.315 e. The summed E-state index contributed by atoms with van der Waals surface area (Å²) in [6.45, 7) is 5.92. The third-order valence-electron chi connectivity index (χ3n) is 6.75. The third-order valence-corrected chi connectivity index (χ3v) is 8.26. The fourth-order valence-electron chi connectivity index (χ4n) is 4.53. The van der Waals surface area contributed by atoms with Crippen LogP contribution in [0.3, 0.4) is 0 Å². The fourth-order valence-corrected chi connectivity index (χ4v) is 6.07. The molecule has 0 spiro atoms. The lowest BCUT2D eigenvalue weighted by atomic mass is 10.0. The maximum absolute atomic E-state index is 12.1. The Labute approximate surface area is 212 Å². The number of hydrogen-bond acceptors (Lipinski definition) is 7. The molecule has 3 fully saturated rings. The number of aliphatic hydroxyl groups is 1. The first-order chi connectivity index (χ1) is 16.8. The van der Waals surface area contributed by atoms with Crippen LogP contribution in [-0.2, 0) is 14.3 Å². The zero-order valence-corrected chi connectivity index (χ0v) is 21.8. The number of amides is 4. The summed E-state index contributed by atoms with van der Waals surface area (Å²) in [5.41, 5.74) is 0. The number of epoxide rings is 1. The number of unbranched alkanes of at least 4 members (excludes halogenated alkanes) is 2. The molecule has 2 unspecified atom stereocenters. The Morgan fingerprint density at radius 3 is 2.66 bits per heavy atom. The van der Waals surface area contributed by atoms with E-state index in [4.69, 9.17) is 4.74 Å². The van der Waals surface area contributed by atoms with Crippen molar-refractivity contribution in [3.8, 4) is 0 Å². The molecule has 3 saturated heterocycles. The van der Waals surface area contributed by atoms with Crippen LogP contribution in [0.4, 0.5) is 4.79 Å². The van der Waals surface area contributed by atoms with Gasteiger partial charge < -0.3 is 31.1 Å². The molecule has 0 aromatic heterocycles. The zero-order chi connectivity index (χ0) is 25.2. The van der Waals surface area contributed by atoms with E-state index in [2.05, 4.69) is 40.4 Å². The highest BCUT2D eigenvalue weighted by atomic mass is 32.2. The van der Waals surface area contributed by atoms with Crippen molar-refractivity contribution in [2.45, 2.75) is 101 Å². The molecule has 3 aliphatic heterocycles. The number of thioether (sulfide) groups is 1. The molecular weight excluding hydrogens is 470 g/mol. The van der Waals surface area contributed by atoms with E-state index in [1.165, 1.54) is 0 Å². The first-order valence-electron chi connectivity index (χ1n) is 13.1. The van der Waals surface area contributed by atoms with E-state index in [0.717, 1.165) is 44.3 Å². The maximum Gasteiger partial charge on any atom is 0.315 e. The molecule has 0 aromatic carbocycles. The molecular formula is C24H43N5O5S. The molecule has 0 radical (unpaired) electrons. The number of carbonyl (C=O) groups is 3. The SMILES string of the molecule is CC(C)CC[C@H](NC(=O)[C@@H]1CO1)C(O)NCCCCNC(=O)CCCCC1SC[C@@H]2NC(=O)N[C@H]12. The second-order valence-corrected chi connectivity index (χ2v) is 11.5. The minimum absolute atomic E-state index is 0.0595. The molecule has 6 atom stereocenters. The summed E-state index contributed by atoms with van der Waals surface area (Å²) in [6, 6.07) is 0.0696. The maximum atomic E-state index is 12.1. The molecule has 3 aliphatic rings. The molecule has 200 valence electrons. The van der Waals surface area contributed by atoms with Gasteiger partial charge in [0, 0.05) is 24.0 Å². The predicted octanol–water partition coefficient (Wildman–Crippen LogP) is 0.836. The summed E-state index contributed by atoms with van der Waals surface area (Å²) in [4.78, 5) is 35.6. The lowest BCUT2D eigenvalue weighted by molar-refractivity contribution is -0.124. The zero-order valence-electron chi connectivity index (χ0n) is 21.0. The minimum atomic E-state index is -0.812. The van der Waals surface area contributed by atoms with Crippen molar-refractivity contribution in [3.63, 3.8) is 0 Å². The van der Waals surface area contributed by atoms with Crippen LogP contribution in [0.25, 0.3) is 0 Å². The summed E-state index contributed by atoms with van der Waals surface area (Å²) < 4.78 is 5.03. The van der Waals surface area contributed by atoms with Gasteiger partial charge in [-0.2, -0.15) is 11.8 Å². The Balaban J connectivity index is 1.19. The van der Waals surface area contributed by atoms with Crippen molar-refractivity contribution in [2.75, 3.05) is 25.4 Å². The van der Waals surface area contributed by atoms with Gasteiger partial charge in [0.15, 0.2) is 6.10 Å². The van der Waals surface area contributed by atoms with Crippen molar-refractivity contribution in [1.82, 2.24) is 26.6 Å². The van der Waals surface area contributed by atoms with Gasteiger partial charge in [0.05, 0.1) is 24.7 Å². The molecule has 0 bridgehead atoms. The van der Waals surface area contributed by atoms with E-state index in [-0.39, 0.29) is 42.1 Å². The van der Waals surface area contributed by atoms with E-state index in [9.17, 15) is 19.5 Å². The molecule has 35 heavy (non-hydrogen) atoms. The van der Waals surface area contributed by atoms with E-state index in [0.29, 0.717) is 43.7 Å². The van der Waals surface area contributed by atoms with Crippen LogP contribution in [0.1, 0.15) is 65.2 Å². The number of ether oxygens (including phenoxy) is 1. The van der Waals surface area contributed by atoms with Crippen molar-refractivity contribution < 1.29 is 24.2 Å². The first-order valence-corrected chi connectivity index (χ1v) is 14.2. The first kappa shape index (κ1) is 28.0. The van der Waals surface area contributed by atoms with Gasteiger partial charge in [-0.25, -0.2) is 4.79 Å². The number of hydrogen-bond donors (Lipinski definition) is 6. The van der Waals surface area contributed by atoms with Crippen LogP contribution < -0.4 is 26.6 Å². The van der Waals surface area contributed by atoms with Gasteiger partial charge in [-0.3, -0.25) is 14.9 Å². The van der Waals surface area contributed by atoms with Gasteiger partial charge >= 0.3 is 6.03 Å². The highest BCUT2D eigenvalue weighted by Gasteiger charge is 2.42. The fraction of sp³-hybridized carbons (Fsp3) is 0.875. The number of fused-ring (bicyclic) bond motifs is 1. The quantitative estimate of drug-likeness (QED) is 0.0732. The number of carbonyl (C=O) groups excluding carboxylic acids is 3. The second kappa shape index (κ2) is 14.2. The van der Waals surface area contributed by atoms with E-state index < -0.39 is 6.23 Å². The van der Waals surface area contributed by atoms with Crippen molar-refractivity contribution >= 4 is 29.6 Å². The Morgan fingerprint density at radius 2 is 1.91 bits per heavy atom. The molecule has 6 N–H and O–H groups in total. The molecule has 4 amide bonds. The van der Waals surface area contributed by atoms with Crippen LogP contribution in [0, 0.1) is 5.92 Å². The van der Waals surface area contributed by atoms with Gasteiger partial charge in [-0.15, -0.1) is 0 Å². The summed E-state index contributed by atoms with van der Waals surface area (Å²) in [5, 5.41) is 25.9. The normalized spacial score (nSPS) is 26.6. The van der Waals surface area contributed by atoms with Crippen molar-refractivity contribution in [3.05, 3.63) is 0 Å². The minimum Gasteiger partial charge on any atom is -0.376 e. The van der Waals surface area contributed by atoms with Crippen LogP contribution in [0.15, 0.2) is 0 Å². The molecule has 3 heterocycles. The molecule has 0 saturated carbocycles. The summed E-state index contributed by atoms with van der Waals surface area (Å²) >= 11 is 1.90. The molecule has 10 nitrogen and oxygen atoms in total. The number of urea groups is 1. The standard InChI is InChI=1S/C24H43N5O5S/c1-15(2)9-10-16(27-23(32)18-13-34-18)22(31)26-12-6-5-11-25-20(30)8-4-3-7-19-21-17(14-35-19)28-24(33)29-21/h15-19,21-22,26,31H,3-14H2,1-2H3,(H,25,30)(H,27,32)(H2,28,29,33)/t16-,17-,18-,19?,21-,22?/m0/s1. The Morgan fingerprint density at radius 1 is 1.14 bits per heavy atom. The highest BCUT2D eigenvalue weighted by molar-refractivity contribution is 8.00. The summed E-state index contributed by atoms with van der Waals surface area (Å²) in [6.07, 6.45) is 5.44. The topological polar surface area (TPSA) is 144 Å². The summed E-state index contributed by atoms with van der Waals surface area (Å²) in [7, 11) is 0. The Hall–Kier alpha value is -1.56. The van der Waals surface area contributed by atoms with E-state index in [1.807, 2.05) is 11.8 Å². The van der Waals surface area contributed by atoms with E-state index in [1.54, 1.807) is 0 Å². The largest absolute Gasteiger partial charge is 0.376 e. The number of nitrogens with one attached hydrogen (secondary N) is 5. The monoisotopic (exact) mass is 513 g/mol. The van der Waals surface area contributed by atoms with Gasteiger partial charge in [-0.05, 0) is 51.0 Å². The number of aliphatic hydroxyl groups excluding tert-OH is 1. The van der Waals surface area contributed by atoms with Crippen LogP contribution >= 0.6 is 11.8 Å². The lowest BCUT2D eigenvalue weighted by Gasteiger charge is -2.25. The average molecular weight is 514 g/mol. The molecule has 0 aromatic rings. The Kier molecular flexibility index (Phi) is 11.4. The van der Waals surface area contributed by atoms with Gasteiger partial charge in [0.1, 0.15) is 6.23 Å². The molecule has 0 aliphatic carbocycles. The van der Waals surface area contributed by atoms with Gasteiger partial charge in [0.2, 0.25) is 5.91 Å². The highest BCUT2D eigenvalue weighted by Crippen LogP contribution is 2.33. The molecule has 11 heteroatoms. The van der Waals surface area contributed by atoms with Crippen LogP contribution in [0.2, 0.25) is 0 Å². The van der Waals surface area contributed by atoms with E-state index >= 15 is 0 Å². The number of rotatable bonds is 17. The second-order valence-electron chi connectivity index (χ2n) is 10.2. The van der Waals surface area contributed by atoms with Crippen LogP contribution in [-0.4, -0.2) is 84.1 Å². The van der Waals surface area contributed by atoms with Gasteiger partial charge in [-0.1, -0.05) is 20.3 Å². The molecule has 3 rings (SSSR count). The Bertz CT molecular complexity index is 708. The lowest BCUT2D eigenvalue weighted by Crippen LogP contribution is -2.51. The van der Waals surface area contributed by atoms with Gasteiger partial charge in [0.25, 0.3) is 5.91 Å². The van der Waals surface area contributed by atoms with Crippen molar-refractivity contribution in [2.24, 2.45) is 5.92 Å². The average Bonchev–Trinajstić information content (AvgIpc) is 3.51.